The summed E-state index contributed by atoms with van der Waals surface area (Å²) in [4.78, 5) is 21.3. The Morgan fingerprint density at radius 2 is 2.03 bits per heavy atom. The Bertz CT molecular complexity index is 1170. The van der Waals surface area contributed by atoms with Gasteiger partial charge < -0.3 is 4.18 Å². The van der Waals surface area contributed by atoms with Crippen LogP contribution in [-0.2, 0) is 10.6 Å². The highest BCUT2D eigenvalue weighted by molar-refractivity contribution is 7.90. The minimum absolute atomic E-state index is 0.0832. The van der Waals surface area contributed by atoms with Crippen LogP contribution in [0.5, 0.6) is 5.75 Å². The molecule has 0 radical (unpaired) electrons. The molecule has 3 aromatic rings. The number of hydrogen-bond donors (Lipinski definition) is 0. The van der Waals surface area contributed by atoms with Crippen LogP contribution in [0.15, 0.2) is 53.7 Å². The van der Waals surface area contributed by atoms with Crippen molar-refractivity contribution in [2.24, 2.45) is 0 Å². The standard InChI is InChI=1S/C22H20F2N4O3S/c1-3-30-32-31-19-11-17(18-5-4-16(12-25)13-26-18)14-27-21(19)28-9-7-15(10-20(28)29)6-8-22(2,23)24/h4-5,7,9-11,13-14H,3,6,8H2,1-2H3. The summed E-state index contributed by atoms with van der Waals surface area (Å²) in [7, 11) is 0. The minimum atomic E-state index is -2.80. The number of hydrogen-bond acceptors (Lipinski definition) is 7. The number of aromatic nitrogens is 3. The second kappa shape index (κ2) is 10.3. The van der Waals surface area contributed by atoms with Gasteiger partial charge in [-0.15, -0.1) is 0 Å². The van der Waals surface area contributed by atoms with Crippen LogP contribution in [0.25, 0.3) is 17.1 Å². The normalized spacial score (nSPS) is 11.2. The van der Waals surface area contributed by atoms with E-state index in [0.717, 1.165) is 19.2 Å². The van der Waals surface area contributed by atoms with Crippen molar-refractivity contribution >= 4 is 12.3 Å². The predicted octanol–water partition coefficient (Wildman–Crippen LogP) is 4.73. The van der Waals surface area contributed by atoms with Gasteiger partial charge in [0.15, 0.2) is 11.6 Å². The fraction of sp³-hybridized carbons (Fsp3) is 0.273. The average molecular weight is 458 g/mol. The van der Waals surface area contributed by atoms with E-state index in [4.69, 9.17) is 13.6 Å². The van der Waals surface area contributed by atoms with Gasteiger partial charge in [0.05, 0.1) is 17.9 Å². The first-order valence-electron chi connectivity index (χ1n) is 9.73. The molecule has 0 spiro atoms. The summed E-state index contributed by atoms with van der Waals surface area (Å²) in [5.41, 5.74) is 1.69. The molecule has 0 aromatic carbocycles. The number of aryl methyl sites for hydroxylation is 1. The lowest BCUT2D eigenvalue weighted by Crippen LogP contribution is -2.20. The van der Waals surface area contributed by atoms with Crippen molar-refractivity contribution in [3.8, 4) is 28.9 Å². The van der Waals surface area contributed by atoms with Crippen LogP contribution < -0.4 is 9.74 Å². The van der Waals surface area contributed by atoms with Gasteiger partial charge in [0.2, 0.25) is 18.2 Å². The molecule has 0 atom stereocenters. The van der Waals surface area contributed by atoms with Gasteiger partial charge in [-0.2, -0.15) is 5.26 Å². The van der Waals surface area contributed by atoms with Crippen molar-refractivity contribution in [1.82, 2.24) is 14.5 Å². The molecule has 166 valence electrons. The Morgan fingerprint density at radius 3 is 2.66 bits per heavy atom. The van der Waals surface area contributed by atoms with E-state index < -0.39 is 11.5 Å². The zero-order valence-corrected chi connectivity index (χ0v) is 18.2. The summed E-state index contributed by atoms with van der Waals surface area (Å²) in [5, 5.41) is 8.94. The van der Waals surface area contributed by atoms with Gasteiger partial charge in [0, 0.05) is 36.6 Å². The van der Waals surface area contributed by atoms with Crippen LogP contribution in [0.3, 0.4) is 0 Å². The number of halogens is 2. The van der Waals surface area contributed by atoms with E-state index in [9.17, 15) is 13.6 Å². The summed E-state index contributed by atoms with van der Waals surface area (Å²) in [6.07, 6.45) is 4.19. The van der Waals surface area contributed by atoms with Gasteiger partial charge in [0.1, 0.15) is 6.07 Å². The van der Waals surface area contributed by atoms with Gasteiger partial charge in [-0.3, -0.25) is 18.5 Å². The van der Waals surface area contributed by atoms with Gasteiger partial charge in [0.25, 0.3) is 5.56 Å². The molecule has 0 N–H and O–H groups in total. The van der Waals surface area contributed by atoms with Gasteiger partial charge >= 0.3 is 0 Å². The van der Waals surface area contributed by atoms with Crippen molar-refractivity contribution in [3.05, 3.63) is 70.4 Å². The summed E-state index contributed by atoms with van der Waals surface area (Å²) in [6, 6.07) is 9.88. The van der Waals surface area contributed by atoms with Crippen LogP contribution in [0.2, 0.25) is 0 Å². The molecule has 10 heteroatoms. The predicted molar refractivity (Wildman–Crippen MR) is 117 cm³/mol. The van der Waals surface area contributed by atoms with Crippen molar-refractivity contribution in [2.45, 2.75) is 32.6 Å². The Kier molecular flexibility index (Phi) is 7.56. The molecule has 0 unspecified atom stereocenters. The summed E-state index contributed by atoms with van der Waals surface area (Å²) >= 11 is 0.743. The molecular weight excluding hydrogens is 438 g/mol. The topological polar surface area (TPSA) is 90.0 Å². The van der Waals surface area contributed by atoms with Crippen molar-refractivity contribution in [1.29, 1.82) is 5.26 Å². The zero-order valence-electron chi connectivity index (χ0n) is 17.4. The highest BCUT2D eigenvalue weighted by Gasteiger charge is 2.21. The second-order valence-electron chi connectivity index (χ2n) is 6.96. The molecule has 0 saturated heterocycles. The van der Waals surface area contributed by atoms with Gasteiger partial charge in [-0.25, -0.2) is 13.8 Å². The molecule has 0 amide bonds. The third kappa shape index (κ3) is 6.12. The first kappa shape index (κ1) is 23.4. The second-order valence-corrected chi connectivity index (χ2v) is 7.50. The number of rotatable bonds is 9. The third-order valence-electron chi connectivity index (χ3n) is 4.38. The van der Waals surface area contributed by atoms with Crippen LogP contribution in [0.1, 0.15) is 31.4 Å². The van der Waals surface area contributed by atoms with Crippen LogP contribution in [0.4, 0.5) is 8.78 Å². The van der Waals surface area contributed by atoms with Gasteiger partial charge in [-0.05, 0) is 50.1 Å². The lowest BCUT2D eigenvalue weighted by atomic mass is 10.1. The Balaban J connectivity index is 1.95. The molecule has 0 saturated carbocycles. The first-order chi connectivity index (χ1) is 15.3. The SMILES string of the molecule is CCOSOc1cc(-c2ccc(C#N)cn2)cnc1-n1ccc(CCC(C)(F)F)cc1=O. The number of pyridine rings is 3. The van der Waals surface area contributed by atoms with Crippen LogP contribution in [-0.4, -0.2) is 27.1 Å². The highest BCUT2D eigenvalue weighted by Crippen LogP contribution is 2.29. The molecule has 0 bridgehead atoms. The highest BCUT2D eigenvalue weighted by atomic mass is 32.2. The quantitative estimate of drug-likeness (QED) is 0.338. The number of alkyl halides is 2. The maximum atomic E-state index is 13.1. The Labute approximate surface area is 188 Å². The van der Waals surface area contributed by atoms with Crippen molar-refractivity contribution in [3.63, 3.8) is 0 Å². The third-order valence-corrected chi connectivity index (χ3v) is 4.96. The van der Waals surface area contributed by atoms with E-state index in [0.29, 0.717) is 29.0 Å². The van der Waals surface area contributed by atoms with E-state index in [-0.39, 0.29) is 24.4 Å². The number of nitriles is 1. The van der Waals surface area contributed by atoms with E-state index in [1.165, 1.54) is 29.2 Å². The van der Waals surface area contributed by atoms with Gasteiger partial charge in [-0.1, -0.05) is 0 Å². The summed E-state index contributed by atoms with van der Waals surface area (Å²) in [6.45, 7) is 3.05. The fourth-order valence-corrected chi connectivity index (χ4v) is 3.11. The van der Waals surface area contributed by atoms with Crippen molar-refractivity contribution < 1.29 is 17.1 Å². The molecule has 0 aliphatic carbocycles. The average Bonchev–Trinajstić information content (AvgIpc) is 2.78. The van der Waals surface area contributed by atoms with E-state index >= 15 is 0 Å². The molecule has 0 aliphatic heterocycles. The molecule has 3 heterocycles. The van der Waals surface area contributed by atoms with E-state index in [1.54, 1.807) is 31.2 Å². The lowest BCUT2D eigenvalue weighted by molar-refractivity contribution is 0.0133. The molecule has 3 rings (SSSR count). The van der Waals surface area contributed by atoms with Crippen LogP contribution in [0, 0.1) is 11.3 Å². The molecule has 0 aliphatic rings. The fourth-order valence-electron chi connectivity index (χ4n) is 2.77. The monoisotopic (exact) mass is 458 g/mol. The first-order valence-corrected chi connectivity index (χ1v) is 10.4. The largest absolute Gasteiger partial charge is 0.396 e. The van der Waals surface area contributed by atoms with Crippen LogP contribution >= 0.6 is 12.3 Å². The van der Waals surface area contributed by atoms with E-state index in [2.05, 4.69) is 9.97 Å². The lowest BCUT2D eigenvalue weighted by Gasteiger charge is -2.13. The van der Waals surface area contributed by atoms with E-state index in [1.807, 2.05) is 6.07 Å². The maximum absolute atomic E-state index is 13.1. The molecule has 7 nitrogen and oxygen atoms in total. The molecule has 0 fully saturated rings. The Morgan fingerprint density at radius 1 is 1.22 bits per heavy atom. The molecule has 3 aromatic heterocycles. The smallest absolute Gasteiger partial charge is 0.256 e. The molecular formula is C22H20F2N4O3S. The minimum Gasteiger partial charge on any atom is -0.396 e. The van der Waals surface area contributed by atoms with Crippen molar-refractivity contribution in [2.75, 3.05) is 6.61 Å². The summed E-state index contributed by atoms with van der Waals surface area (Å²) < 4.78 is 38.3. The maximum Gasteiger partial charge on any atom is 0.256 e. The molecule has 32 heavy (non-hydrogen) atoms. The summed E-state index contributed by atoms with van der Waals surface area (Å²) in [5.74, 6) is -2.34. The number of nitrogens with zero attached hydrogens (tertiary/aromatic N) is 4. The zero-order chi connectivity index (χ0) is 23.1. The Hall–Kier alpha value is -3.29.